The van der Waals surface area contributed by atoms with Crippen LogP contribution in [0.3, 0.4) is 0 Å². The molecule has 22 heavy (non-hydrogen) atoms. The molecule has 0 aliphatic rings. The molecule has 0 radical (unpaired) electrons. The van der Waals surface area contributed by atoms with E-state index in [0.717, 1.165) is 10.8 Å². The molecule has 1 amide bonds. The normalized spacial score (nSPS) is 10.0. The number of nitrogens with two attached hydrogens (primary N) is 2. The minimum Gasteiger partial charge on any atom is -0.422 e. The molecule has 0 aliphatic heterocycles. The second-order valence-electron chi connectivity index (χ2n) is 4.62. The van der Waals surface area contributed by atoms with Gasteiger partial charge in [-0.2, -0.15) is 0 Å². The van der Waals surface area contributed by atoms with Crippen LogP contribution in [-0.2, 0) is 9.59 Å². The number of nitrogens with one attached hydrogen (secondary N) is 1. The molecule has 0 bridgehead atoms. The fourth-order valence-electron chi connectivity index (χ4n) is 1.75. The molecule has 2 rings (SSSR count). The summed E-state index contributed by atoms with van der Waals surface area (Å²) in [4.78, 5) is 22.8. The van der Waals surface area contributed by atoms with Crippen molar-refractivity contribution >= 4 is 28.3 Å². The first kappa shape index (κ1) is 15.1. The Morgan fingerprint density at radius 3 is 2.23 bits per heavy atom. The first-order chi connectivity index (χ1) is 10.4. The van der Waals surface area contributed by atoms with Gasteiger partial charge in [-0.05, 0) is 35.0 Å². The molecule has 0 spiro atoms. The Bertz CT molecular complexity index is 729. The Morgan fingerprint density at radius 1 is 0.955 bits per heavy atom. The lowest BCUT2D eigenvalue weighted by Crippen LogP contribution is -2.18. The summed E-state index contributed by atoms with van der Waals surface area (Å²) in [6.45, 7) is 6.68. The lowest BCUT2D eigenvalue weighted by atomic mass is 10.1. The highest BCUT2D eigenvalue weighted by atomic mass is 16.5. The zero-order chi connectivity index (χ0) is 16.3. The summed E-state index contributed by atoms with van der Waals surface area (Å²) >= 11 is 0. The van der Waals surface area contributed by atoms with Crippen molar-refractivity contribution in [3.05, 3.63) is 61.0 Å². The number of benzene rings is 2. The summed E-state index contributed by atoms with van der Waals surface area (Å²) in [5.41, 5.74) is 10.9. The average Bonchev–Trinajstić information content (AvgIpc) is 2.47. The number of fused-ring (bicyclic) bond motifs is 1. The van der Waals surface area contributed by atoms with E-state index in [1.54, 1.807) is 36.4 Å². The highest BCUT2D eigenvalue weighted by Crippen LogP contribution is 2.24. The van der Waals surface area contributed by atoms with Crippen molar-refractivity contribution in [3.8, 4) is 5.75 Å². The predicted octanol–water partition coefficient (Wildman–Crippen LogP) is 1.63. The smallest absolute Gasteiger partial charge is 0.358 e. The number of carbonyl (C=O) groups is 2. The molecule has 0 aliphatic carbocycles. The molecule has 112 valence electrons. The number of ether oxygens (including phenoxy) is 1. The molecule has 0 saturated heterocycles. The number of hydrogen-bond acceptors (Lipinski definition) is 5. The highest BCUT2D eigenvalue weighted by molar-refractivity contribution is 6.03. The first-order valence-electron chi connectivity index (χ1n) is 6.33. The zero-order valence-electron chi connectivity index (χ0n) is 11.8. The van der Waals surface area contributed by atoms with Crippen molar-refractivity contribution < 1.29 is 14.3 Å². The monoisotopic (exact) mass is 297 g/mol. The van der Waals surface area contributed by atoms with Crippen LogP contribution in [0.2, 0.25) is 0 Å². The maximum absolute atomic E-state index is 11.5. The third-order valence-electron chi connectivity index (χ3n) is 2.83. The van der Waals surface area contributed by atoms with Crippen molar-refractivity contribution in [3.63, 3.8) is 0 Å². The van der Waals surface area contributed by atoms with Crippen LogP contribution in [0.1, 0.15) is 0 Å². The molecule has 0 fully saturated rings. The van der Waals surface area contributed by atoms with E-state index in [-0.39, 0.29) is 11.4 Å². The fraction of sp³-hybridized carbons (Fsp3) is 0. The number of hydrogen-bond donors (Lipinski definition) is 3. The number of anilines is 1. The van der Waals surface area contributed by atoms with Gasteiger partial charge in [0.25, 0.3) is 5.91 Å². The molecule has 0 heterocycles. The van der Waals surface area contributed by atoms with Gasteiger partial charge >= 0.3 is 5.97 Å². The van der Waals surface area contributed by atoms with Gasteiger partial charge in [-0.25, -0.2) is 4.79 Å². The summed E-state index contributed by atoms with van der Waals surface area (Å²) < 4.78 is 5.05. The van der Waals surface area contributed by atoms with Crippen LogP contribution in [0.25, 0.3) is 10.8 Å². The minimum absolute atomic E-state index is 0.0654. The van der Waals surface area contributed by atoms with Crippen molar-refractivity contribution in [1.29, 1.82) is 0 Å². The van der Waals surface area contributed by atoms with Gasteiger partial charge in [0.05, 0.1) is 5.70 Å². The van der Waals surface area contributed by atoms with Crippen LogP contribution >= 0.6 is 0 Å². The predicted molar refractivity (Wildman–Crippen MR) is 84.9 cm³/mol. The number of esters is 1. The Morgan fingerprint density at radius 2 is 1.59 bits per heavy atom. The summed E-state index contributed by atoms with van der Waals surface area (Å²) in [6, 6.07) is 10.3. The third kappa shape index (κ3) is 3.43. The number of amides is 1. The Kier molecular flexibility index (Phi) is 4.13. The molecule has 2 aromatic carbocycles. The number of rotatable bonds is 4. The maximum Gasteiger partial charge on any atom is 0.358 e. The molecule has 6 nitrogen and oxygen atoms in total. The SMILES string of the molecule is C=C(N)C(=O)Nc1ccc2cc(OC(=O)C(=C)N)ccc2c1. The largest absolute Gasteiger partial charge is 0.422 e. The minimum atomic E-state index is -0.690. The van der Waals surface area contributed by atoms with Gasteiger partial charge in [0.2, 0.25) is 0 Å². The molecular formula is C16H15N3O3. The zero-order valence-corrected chi connectivity index (χ0v) is 11.8. The fourth-order valence-corrected chi connectivity index (χ4v) is 1.75. The molecule has 0 aromatic heterocycles. The summed E-state index contributed by atoms with van der Waals surface area (Å²) in [7, 11) is 0. The van der Waals surface area contributed by atoms with Crippen molar-refractivity contribution in [2.45, 2.75) is 0 Å². The van der Waals surface area contributed by atoms with E-state index < -0.39 is 11.9 Å². The maximum atomic E-state index is 11.5. The van der Waals surface area contributed by atoms with Crippen molar-refractivity contribution in [2.24, 2.45) is 11.5 Å². The summed E-state index contributed by atoms with van der Waals surface area (Å²) in [5, 5.41) is 4.30. The topological polar surface area (TPSA) is 107 Å². The van der Waals surface area contributed by atoms with Gasteiger partial charge in [0.15, 0.2) is 0 Å². The quantitative estimate of drug-likeness (QED) is 0.451. The summed E-state index contributed by atoms with van der Waals surface area (Å²) in [5.74, 6) is -0.785. The van der Waals surface area contributed by atoms with Gasteiger partial charge in [0.1, 0.15) is 11.4 Å². The molecular weight excluding hydrogens is 282 g/mol. The van der Waals surface area contributed by atoms with Gasteiger partial charge < -0.3 is 21.5 Å². The highest BCUT2D eigenvalue weighted by Gasteiger charge is 2.08. The molecule has 5 N–H and O–H groups in total. The van der Waals surface area contributed by atoms with Crippen molar-refractivity contribution in [2.75, 3.05) is 5.32 Å². The Hall–Kier alpha value is -3.28. The van der Waals surface area contributed by atoms with Gasteiger partial charge in [0, 0.05) is 5.69 Å². The molecule has 0 unspecified atom stereocenters. The van der Waals surface area contributed by atoms with Crippen LogP contribution < -0.4 is 21.5 Å². The summed E-state index contributed by atoms with van der Waals surface area (Å²) in [6.07, 6.45) is 0. The van der Waals surface area contributed by atoms with Crippen LogP contribution in [0.4, 0.5) is 5.69 Å². The van der Waals surface area contributed by atoms with Crippen molar-refractivity contribution in [1.82, 2.24) is 0 Å². The molecule has 0 atom stereocenters. The molecule has 0 saturated carbocycles. The molecule has 6 heteroatoms. The van der Waals surface area contributed by atoms with E-state index in [4.69, 9.17) is 16.2 Å². The second kappa shape index (κ2) is 6.01. The number of carbonyl (C=O) groups excluding carboxylic acids is 2. The molecule has 2 aromatic rings. The van der Waals surface area contributed by atoms with E-state index >= 15 is 0 Å². The van der Waals surface area contributed by atoms with E-state index in [1.807, 2.05) is 0 Å². The van der Waals surface area contributed by atoms with E-state index in [1.165, 1.54) is 0 Å². The van der Waals surface area contributed by atoms with E-state index in [0.29, 0.717) is 11.4 Å². The lowest BCUT2D eigenvalue weighted by Gasteiger charge is -2.08. The van der Waals surface area contributed by atoms with Crippen LogP contribution in [-0.4, -0.2) is 11.9 Å². The van der Waals surface area contributed by atoms with Crippen LogP contribution in [0, 0.1) is 0 Å². The van der Waals surface area contributed by atoms with Gasteiger partial charge in [-0.3, -0.25) is 4.79 Å². The van der Waals surface area contributed by atoms with E-state index in [2.05, 4.69) is 18.5 Å². The second-order valence-corrected chi connectivity index (χ2v) is 4.62. The first-order valence-corrected chi connectivity index (χ1v) is 6.33. The Balaban J connectivity index is 2.25. The van der Waals surface area contributed by atoms with Gasteiger partial charge in [-0.15, -0.1) is 0 Å². The van der Waals surface area contributed by atoms with E-state index in [9.17, 15) is 9.59 Å². The Labute approximate surface area is 127 Å². The average molecular weight is 297 g/mol. The van der Waals surface area contributed by atoms with Crippen LogP contribution in [0.5, 0.6) is 5.75 Å². The van der Waals surface area contributed by atoms with Crippen LogP contribution in [0.15, 0.2) is 61.0 Å². The standard InChI is InChI=1S/C16H15N3O3/c1-9(17)15(20)19-13-5-3-12-8-14(6-4-11(12)7-13)22-16(21)10(2)18/h3-8H,1-2,17-18H2,(H,19,20). The van der Waals surface area contributed by atoms with Gasteiger partial charge in [-0.1, -0.05) is 25.3 Å². The lowest BCUT2D eigenvalue weighted by molar-refractivity contribution is -0.130. The third-order valence-corrected chi connectivity index (χ3v) is 2.83.